The van der Waals surface area contributed by atoms with Crippen molar-refractivity contribution in [2.24, 2.45) is 5.73 Å². The van der Waals surface area contributed by atoms with Gasteiger partial charge in [0.05, 0.1) is 11.4 Å². The van der Waals surface area contributed by atoms with Gasteiger partial charge >= 0.3 is 0 Å². The number of benzene rings is 3. The highest BCUT2D eigenvalue weighted by molar-refractivity contribution is 5.76. The Labute approximate surface area is 205 Å². The number of hydrogen-bond donors (Lipinski definition) is 2. The van der Waals surface area contributed by atoms with E-state index in [1.807, 2.05) is 30.6 Å². The van der Waals surface area contributed by atoms with Crippen molar-refractivity contribution in [2.45, 2.75) is 12.0 Å². The molecule has 1 aliphatic heterocycles. The smallest absolute Gasteiger partial charge is 0.136 e. The monoisotopic (exact) mass is 454 g/mol. The number of allylic oxidation sites excluding steroid dienone is 4. The van der Waals surface area contributed by atoms with Gasteiger partial charge in [-0.15, -0.1) is 0 Å². The Morgan fingerprint density at radius 3 is 1.71 bits per heavy atom. The third-order valence-electron chi connectivity index (χ3n) is 6.79. The Hall–Kier alpha value is -4.57. The first-order valence-electron chi connectivity index (χ1n) is 11.8. The van der Waals surface area contributed by atoms with Crippen LogP contribution in [0.15, 0.2) is 145 Å². The normalized spacial score (nSPS) is 15.3. The number of aromatic nitrogens is 1. The summed E-state index contributed by atoms with van der Waals surface area (Å²) in [4.78, 5) is 4.23. The second-order valence-corrected chi connectivity index (χ2v) is 8.82. The molecule has 35 heavy (non-hydrogen) atoms. The minimum absolute atomic E-state index is 0.629. The molecule has 1 aliphatic carbocycles. The van der Waals surface area contributed by atoms with Crippen molar-refractivity contribution in [1.82, 2.24) is 15.4 Å². The lowest BCUT2D eigenvalue weighted by Crippen LogP contribution is -2.51. The van der Waals surface area contributed by atoms with Crippen LogP contribution < -0.4 is 11.2 Å². The van der Waals surface area contributed by atoms with E-state index >= 15 is 0 Å². The SMILES string of the molecule is NC1=CC=C2C(=C(c3ccncc3)NN2C(c2ccccc2)(c2ccccc2)c2ccccc2)C1. The fourth-order valence-electron chi connectivity index (χ4n) is 5.25. The zero-order chi connectivity index (χ0) is 23.7. The Morgan fingerprint density at radius 1 is 0.686 bits per heavy atom. The molecule has 0 bridgehead atoms. The van der Waals surface area contributed by atoms with Crippen LogP contribution in [0, 0.1) is 0 Å². The van der Waals surface area contributed by atoms with Gasteiger partial charge in [-0.3, -0.25) is 15.4 Å². The van der Waals surface area contributed by atoms with Crippen LogP contribution in [-0.2, 0) is 5.54 Å². The molecule has 6 rings (SSSR count). The summed E-state index contributed by atoms with van der Waals surface area (Å²) in [6.45, 7) is 0. The summed E-state index contributed by atoms with van der Waals surface area (Å²) in [5, 5.41) is 2.32. The summed E-state index contributed by atoms with van der Waals surface area (Å²) in [5.74, 6) is 0. The lowest BCUT2D eigenvalue weighted by molar-refractivity contribution is 0.184. The van der Waals surface area contributed by atoms with Crippen molar-refractivity contribution in [3.05, 3.63) is 167 Å². The molecule has 3 N–H and O–H groups in total. The second kappa shape index (κ2) is 8.65. The number of rotatable bonds is 5. The molecule has 0 saturated heterocycles. The molecular formula is C31H26N4. The second-order valence-electron chi connectivity index (χ2n) is 8.82. The molecule has 0 fully saturated rings. The van der Waals surface area contributed by atoms with Gasteiger partial charge in [-0.05, 0) is 41.0 Å². The van der Waals surface area contributed by atoms with E-state index in [-0.39, 0.29) is 0 Å². The predicted octanol–water partition coefficient (Wildman–Crippen LogP) is 5.74. The van der Waals surface area contributed by atoms with Crippen molar-refractivity contribution in [1.29, 1.82) is 0 Å². The van der Waals surface area contributed by atoms with E-state index in [1.54, 1.807) is 0 Å². The average Bonchev–Trinajstić information content (AvgIpc) is 3.30. The Kier molecular flexibility index (Phi) is 5.19. The molecule has 2 heterocycles. The summed E-state index contributed by atoms with van der Waals surface area (Å²) in [5.41, 5.74) is 18.3. The minimum Gasteiger partial charge on any atom is -0.402 e. The maximum Gasteiger partial charge on any atom is 0.136 e. The molecule has 0 saturated carbocycles. The largest absolute Gasteiger partial charge is 0.402 e. The molecule has 0 amide bonds. The zero-order valence-corrected chi connectivity index (χ0v) is 19.3. The molecule has 1 aromatic heterocycles. The highest BCUT2D eigenvalue weighted by atomic mass is 15.6. The van der Waals surface area contributed by atoms with Gasteiger partial charge in [0.2, 0.25) is 0 Å². The number of fused-ring (bicyclic) bond motifs is 1. The van der Waals surface area contributed by atoms with Crippen LogP contribution in [0.2, 0.25) is 0 Å². The number of nitrogens with two attached hydrogens (primary N) is 1. The van der Waals surface area contributed by atoms with Crippen molar-refractivity contribution >= 4 is 5.70 Å². The third kappa shape index (κ3) is 3.42. The number of nitrogens with one attached hydrogen (secondary N) is 1. The van der Waals surface area contributed by atoms with E-state index in [9.17, 15) is 0 Å². The molecule has 4 nitrogen and oxygen atoms in total. The fraction of sp³-hybridized carbons (Fsp3) is 0.0645. The van der Waals surface area contributed by atoms with E-state index in [0.29, 0.717) is 6.42 Å². The molecule has 0 atom stereocenters. The highest BCUT2D eigenvalue weighted by Gasteiger charge is 2.47. The van der Waals surface area contributed by atoms with Gasteiger partial charge in [-0.25, -0.2) is 0 Å². The van der Waals surface area contributed by atoms with E-state index in [1.165, 1.54) is 22.3 Å². The molecule has 2 aliphatic rings. The summed E-state index contributed by atoms with van der Waals surface area (Å²) in [7, 11) is 0. The summed E-state index contributed by atoms with van der Waals surface area (Å²) < 4.78 is 0. The van der Waals surface area contributed by atoms with Gasteiger partial charge in [0, 0.05) is 35.6 Å². The molecular weight excluding hydrogens is 428 g/mol. The van der Waals surface area contributed by atoms with Crippen LogP contribution in [0.25, 0.3) is 5.70 Å². The van der Waals surface area contributed by atoms with Crippen molar-refractivity contribution < 1.29 is 0 Å². The van der Waals surface area contributed by atoms with E-state index in [2.05, 4.69) is 112 Å². The zero-order valence-electron chi connectivity index (χ0n) is 19.3. The van der Waals surface area contributed by atoms with Crippen LogP contribution in [0.4, 0.5) is 0 Å². The topological polar surface area (TPSA) is 54.2 Å². The first kappa shape index (κ1) is 21.0. The maximum absolute atomic E-state index is 6.34. The van der Waals surface area contributed by atoms with Crippen LogP contribution in [0.1, 0.15) is 28.7 Å². The van der Waals surface area contributed by atoms with Gasteiger partial charge in [0.1, 0.15) is 5.54 Å². The lowest BCUT2D eigenvalue weighted by atomic mass is 9.76. The Balaban J connectivity index is 1.66. The Morgan fingerprint density at radius 2 is 1.20 bits per heavy atom. The fourth-order valence-corrected chi connectivity index (χ4v) is 5.25. The summed E-state index contributed by atoms with van der Waals surface area (Å²) in [6.07, 6.45) is 8.50. The number of nitrogens with zero attached hydrogens (tertiary/aromatic N) is 2. The molecule has 4 heteroatoms. The minimum atomic E-state index is -0.629. The average molecular weight is 455 g/mol. The van der Waals surface area contributed by atoms with Crippen LogP contribution in [0.3, 0.4) is 0 Å². The summed E-state index contributed by atoms with van der Waals surface area (Å²) >= 11 is 0. The number of hydrazine groups is 1. The van der Waals surface area contributed by atoms with Crippen molar-refractivity contribution in [3.63, 3.8) is 0 Å². The van der Waals surface area contributed by atoms with E-state index < -0.39 is 5.54 Å². The highest BCUT2D eigenvalue weighted by Crippen LogP contribution is 2.49. The number of pyridine rings is 1. The van der Waals surface area contributed by atoms with Gasteiger partial charge in [0.15, 0.2) is 0 Å². The molecule has 0 unspecified atom stereocenters. The van der Waals surface area contributed by atoms with Gasteiger partial charge in [-0.2, -0.15) is 0 Å². The quantitative estimate of drug-likeness (QED) is 0.378. The van der Waals surface area contributed by atoms with Gasteiger partial charge in [-0.1, -0.05) is 91.0 Å². The van der Waals surface area contributed by atoms with Gasteiger partial charge < -0.3 is 5.73 Å². The van der Waals surface area contributed by atoms with Crippen LogP contribution >= 0.6 is 0 Å². The van der Waals surface area contributed by atoms with E-state index in [4.69, 9.17) is 5.73 Å². The molecule has 4 aromatic rings. The first-order chi connectivity index (χ1) is 17.3. The third-order valence-corrected chi connectivity index (χ3v) is 6.79. The first-order valence-corrected chi connectivity index (χ1v) is 11.8. The standard InChI is InChI=1S/C31H26N4/c32-27-16-17-29-28(22-27)30(23-18-20-33-21-19-23)34-35(29)31(24-10-4-1-5-11-24,25-12-6-2-7-13-25)26-14-8-3-9-15-26/h1-21,34H,22,32H2. The Bertz CT molecular complexity index is 1330. The predicted molar refractivity (Wildman–Crippen MR) is 140 cm³/mol. The molecule has 3 aromatic carbocycles. The lowest BCUT2D eigenvalue weighted by Gasteiger charge is -2.45. The molecule has 0 spiro atoms. The molecule has 0 radical (unpaired) electrons. The van der Waals surface area contributed by atoms with Crippen LogP contribution in [-0.4, -0.2) is 9.99 Å². The van der Waals surface area contributed by atoms with Gasteiger partial charge in [0.25, 0.3) is 0 Å². The molecule has 170 valence electrons. The maximum atomic E-state index is 6.34. The number of hydrogen-bond acceptors (Lipinski definition) is 4. The van der Waals surface area contributed by atoms with Crippen molar-refractivity contribution in [3.8, 4) is 0 Å². The van der Waals surface area contributed by atoms with Crippen molar-refractivity contribution in [2.75, 3.05) is 0 Å². The van der Waals surface area contributed by atoms with Crippen LogP contribution in [0.5, 0.6) is 0 Å². The summed E-state index contributed by atoms with van der Waals surface area (Å²) in [6, 6.07) is 36.2. The van der Waals surface area contributed by atoms with E-state index in [0.717, 1.165) is 22.7 Å².